The maximum Gasteiger partial charge on any atom is 0.256 e. The molecule has 3 rings (SSSR count). The van der Waals surface area contributed by atoms with E-state index in [1.807, 2.05) is 19.9 Å². The lowest BCUT2D eigenvalue weighted by Crippen LogP contribution is -2.31. The molecule has 0 fully saturated rings. The van der Waals surface area contributed by atoms with Crippen molar-refractivity contribution in [3.05, 3.63) is 84.2 Å². The topological polar surface area (TPSA) is 100 Å². The van der Waals surface area contributed by atoms with Crippen molar-refractivity contribution in [1.29, 1.82) is 0 Å². The van der Waals surface area contributed by atoms with E-state index in [-0.39, 0.29) is 29.5 Å². The normalized spacial score (nSPS) is 10.5. The monoisotopic (exact) mass is 448 g/mol. The predicted molar refractivity (Wildman–Crippen MR) is 127 cm³/mol. The fraction of sp³-hybridized carbons (Fsp3) is 0.167. The van der Waals surface area contributed by atoms with E-state index in [4.69, 9.17) is 0 Å². The van der Waals surface area contributed by atoms with Crippen LogP contribution in [0.25, 0.3) is 0 Å². The summed E-state index contributed by atoms with van der Waals surface area (Å²) in [5.41, 5.74) is 2.00. The van der Waals surface area contributed by atoms with Crippen molar-refractivity contribution in [1.82, 2.24) is 10.3 Å². The Balaban J connectivity index is 1.68. The summed E-state index contributed by atoms with van der Waals surface area (Å²) in [6, 6.07) is 17.3. The zero-order chi connectivity index (χ0) is 22.9. The van der Waals surface area contributed by atoms with Crippen LogP contribution in [-0.2, 0) is 4.79 Å². The predicted octanol–water partition coefficient (Wildman–Crippen LogP) is 4.20. The molecule has 0 unspecified atom stereocenters. The molecule has 2 aromatic carbocycles. The Morgan fingerprint density at radius 1 is 0.875 bits per heavy atom. The summed E-state index contributed by atoms with van der Waals surface area (Å²) in [4.78, 5) is 42.0. The molecule has 0 aliphatic rings. The average molecular weight is 449 g/mol. The van der Waals surface area contributed by atoms with Gasteiger partial charge in [0.25, 0.3) is 11.8 Å². The lowest BCUT2D eigenvalue weighted by Gasteiger charge is -2.12. The average Bonchev–Trinajstić information content (AvgIpc) is 2.78. The summed E-state index contributed by atoms with van der Waals surface area (Å²) >= 11 is 1.30. The van der Waals surface area contributed by atoms with Crippen molar-refractivity contribution in [3.8, 4) is 0 Å². The molecule has 8 heteroatoms. The third-order valence-corrected chi connectivity index (χ3v) is 5.33. The summed E-state index contributed by atoms with van der Waals surface area (Å²) in [5.74, 6) is -0.482. The summed E-state index contributed by atoms with van der Waals surface area (Å²) < 4.78 is 0. The molecule has 3 amide bonds. The number of rotatable bonds is 8. The number of aromatic nitrogens is 1. The van der Waals surface area contributed by atoms with Gasteiger partial charge in [-0.15, -0.1) is 11.8 Å². The highest BCUT2D eigenvalue weighted by molar-refractivity contribution is 8.00. The molecule has 0 saturated carbocycles. The number of hydrogen-bond acceptors (Lipinski definition) is 5. The van der Waals surface area contributed by atoms with Gasteiger partial charge in [0, 0.05) is 40.3 Å². The fourth-order valence-electron chi connectivity index (χ4n) is 2.86. The van der Waals surface area contributed by atoms with Crippen LogP contribution in [0.2, 0.25) is 0 Å². The molecule has 0 atom stereocenters. The Labute approximate surface area is 191 Å². The molecular weight excluding hydrogens is 424 g/mol. The van der Waals surface area contributed by atoms with Gasteiger partial charge in [0.1, 0.15) is 0 Å². The fourth-order valence-corrected chi connectivity index (χ4v) is 3.72. The minimum absolute atomic E-state index is 0.0599. The minimum atomic E-state index is -0.316. The van der Waals surface area contributed by atoms with Crippen LogP contribution in [0.15, 0.2) is 78.0 Å². The lowest BCUT2D eigenvalue weighted by atomic mass is 10.1. The number of amides is 3. The third kappa shape index (κ3) is 6.68. The molecule has 0 aliphatic carbocycles. The van der Waals surface area contributed by atoms with Gasteiger partial charge in [-0.1, -0.05) is 18.2 Å². The Bertz CT molecular complexity index is 1100. The first kappa shape index (κ1) is 23.0. The molecular formula is C24H24N4O3S. The van der Waals surface area contributed by atoms with Crippen LogP contribution in [0.3, 0.4) is 0 Å². The van der Waals surface area contributed by atoms with Crippen molar-refractivity contribution >= 4 is 40.9 Å². The van der Waals surface area contributed by atoms with Crippen molar-refractivity contribution in [2.75, 3.05) is 16.4 Å². The van der Waals surface area contributed by atoms with E-state index >= 15 is 0 Å². The second kappa shape index (κ2) is 11.1. The van der Waals surface area contributed by atoms with Gasteiger partial charge in [0.15, 0.2) is 0 Å². The maximum absolute atomic E-state index is 12.9. The molecule has 0 bridgehead atoms. The quantitative estimate of drug-likeness (QED) is 0.449. The summed E-state index contributed by atoms with van der Waals surface area (Å²) in [5, 5.41) is 8.46. The summed E-state index contributed by atoms with van der Waals surface area (Å²) in [6.07, 6.45) is 3.18. The van der Waals surface area contributed by atoms with Crippen LogP contribution in [0.4, 0.5) is 11.4 Å². The number of thioether (sulfide) groups is 1. The van der Waals surface area contributed by atoms with Gasteiger partial charge in [-0.2, -0.15) is 0 Å². The molecule has 0 radical (unpaired) electrons. The summed E-state index contributed by atoms with van der Waals surface area (Å²) in [6.45, 7) is 3.80. The second-order valence-corrected chi connectivity index (χ2v) is 8.25. The van der Waals surface area contributed by atoms with Gasteiger partial charge < -0.3 is 16.0 Å². The molecule has 0 aliphatic heterocycles. The van der Waals surface area contributed by atoms with E-state index < -0.39 is 0 Å². The minimum Gasteiger partial charge on any atom is -0.353 e. The molecule has 32 heavy (non-hydrogen) atoms. The van der Waals surface area contributed by atoms with Crippen LogP contribution in [0.5, 0.6) is 0 Å². The van der Waals surface area contributed by atoms with Crippen molar-refractivity contribution in [2.24, 2.45) is 0 Å². The van der Waals surface area contributed by atoms with E-state index in [1.54, 1.807) is 67.0 Å². The van der Waals surface area contributed by atoms with Crippen LogP contribution < -0.4 is 16.0 Å². The van der Waals surface area contributed by atoms with Crippen LogP contribution in [0.1, 0.15) is 34.6 Å². The maximum atomic E-state index is 12.9. The lowest BCUT2D eigenvalue weighted by molar-refractivity contribution is -0.119. The van der Waals surface area contributed by atoms with E-state index in [2.05, 4.69) is 20.9 Å². The Morgan fingerprint density at radius 3 is 2.34 bits per heavy atom. The number of pyridine rings is 1. The highest BCUT2D eigenvalue weighted by Crippen LogP contribution is 2.24. The Hall–Kier alpha value is -3.65. The zero-order valence-corrected chi connectivity index (χ0v) is 18.6. The molecule has 1 heterocycles. The molecule has 0 saturated heterocycles. The van der Waals surface area contributed by atoms with Crippen molar-refractivity contribution in [2.45, 2.75) is 24.8 Å². The van der Waals surface area contributed by atoms with Crippen LogP contribution in [0, 0.1) is 0 Å². The van der Waals surface area contributed by atoms with E-state index in [0.717, 1.165) is 0 Å². The Kier molecular flexibility index (Phi) is 7.99. The van der Waals surface area contributed by atoms with Gasteiger partial charge >= 0.3 is 0 Å². The van der Waals surface area contributed by atoms with Gasteiger partial charge in [0.05, 0.1) is 11.3 Å². The Morgan fingerprint density at radius 2 is 1.59 bits per heavy atom. The summed E-state index contributed by atoms with van der Waals surface area (Å²) in [7, 11) is 0. The number of hydrogen-bond donors (Lipinski definition) is 3. The van der Waals surface area contributed by atoms with Gasteiger partial charge in [0.2, 0.25) is 5.91 Å². The number of carbonyl (C=O) groups is 3. The number of nitrogens with one attached hydrogen (secondary N) is 3. The standard InChI is InChI=1S/C24H24N4O3S/c1-16(2)26-22(29)15-32-21-9-4-3-8-20(21)24(31)28-19-7-5-6-17(14-19)23(30)27-18-10-12-25-13-11-18/h3-14,16H,15H2,1-2H3,(H,26,29)(H,28,31)(H,25,27,30). The van der Waals surface area contributed by atoms with Gasteiger partial charge in [-0.25, -0.2) is 0 Å². The SMILES string of the molecule is CC(C)NC(=O)CSc1ccccc1C(=O)Nc1cccc(C(=O)Nc2ccncc2)c1. The largest absolute Gasteiger partial charge is 0.353 e. The molecule has 0 spiro atoms. The second-order valence-electron chi connectivity index (χ2n) is 7.23. The highest BCUT2D eigenvalue weighted by atomic mass is 32.2. The number of benzene rings is 2. The highest BCUT2D eigenvalue weighted by Gasteiger charge is 2.14. The first-order valence-electron chi connectivity index (χ1n) is 10.1. The number of nitrogens with zero attached hydrogens (tertiary/aromatic N) is 1. The molecule has 7 nitrogen and oxygen atoms in total. The molecule has 3 N–H and O–H groups in total. The molecule has 1 aromatic heterocycles. The van der Waals surface area contributed by atoms with Gasteiger partial charge in [-0.3, -0.25) is 19.4 Å². The van der Waals surface area contributed by atoms with Crippen molar-refractivity contribution < 1.29 is 14.4 Å². The van der Waals surface area contributed by atoms with Crippen molar-refractivity contribution in [3.63, 3.8) is 0 Å². The van der Waals surface area contributed by atoms with E-state index in [0.29, 0.717) is 27.4 Å². The van der Waals surface area contributed by atoms with Gasteiger partial charge in [-0.05, 0) is 56.3 Å². The third-order valence-electron chi connectivity index (χ3n) is 4.26. The number of carbonyl (C=O) groups excluding carboxylic acids is 3. The number of anilines is 2. The van der Waals surface area contributed by atoms with E-state index in [9.17, 15) is 14.4 Å². The zero-order valence-electron chi connectivity index (χ0n) is 17.8. The van der Waals surface area contributed by atoms with E-state index in [1.165, 1.54) is 11.8 Å². The first-order chi connectivity index (χ1) is 15.4. The molecule has 164 valence electrons. The smallest absolute Gasteiger partial charge is 0.256 e. The van der Waals surface area contributed by atoms with Crippen LogP contribution in [-0.4, -0.2) is 34.5 Å². The van der Waals surface area contributed by atoms with Crippen LogP contribution >= 0.6 is 11.8 Å². The molecule has 3 aromatic rings. The first-order valence-corrected chi connectivity index (χ1v) is 11.0.